The van der Waals surface area contributed by atoms with Gasteiger partial charge in [-0.1, -0.05) is 12.1 Å². The van der Waals surface area contributed by atoms with Gasteiger partial charge in [0.1, 0.15) is 5.75 Å². The summed E-state index contributed by atoms with van der Waals surface area (Å²) < 4.78 is 9.66. The van der Waals surface area contributed by atoms with E-state index in [0.29, 0.717) is 0 Å². The number of hydrogen-bond acceptors (Lipinski definition) is 3. The van der Waals surface area contributed by atoms with E-state index in [2.05, 4.69) is 10.1 Å². The Bertz CT molecular complexity index is 352. The second-order valence-corrected chi connectivity index (χ2v) is 3.59. The van der Waals surface area contributed by atoms with Gasteiger partial charge in [-0.2, -0.15) is 0 Å². The molecule has 1 unspecified atom stereocenters. The molecule has 0 fully saturated rings. The lowest BCUT2D eigenvalue weighted by Gasteiger charge is -2.13. The highest BCUT2D eigenvalue weighted by Gasteiger charge is 2.07. The van der Waals surface area contributed by atoms with E-state index in [1.807, 2.05) is 31.2 Å². The summed E-state index contributed by atoms with van der Waals surface area (Å²) in [6.45, 7) is 1.93. The molecule has 1 rings (SSSR count). The minimum absolute atomic E-state index is 0.0274. The number of nitrogens with one attached hydrogen (secondary N) is 1. The van der Waals surface area contributed by atoms with E-state index < -0.39 is 6.09 Å². The maximum atomic E-state index is 11.0. The average molecular weight is 223 g/mol. The highest BCUT2D eigenvalue weighted by molar-refractivity contribution is 5.67. The molecule has 4 heteroatoms. The Morgan fingerprint density at radius 1 is 1.44 bits per heavy atom. The fraction of sp³-hybridized carbons (Fsp3) is 0.417. The van der Waals surface area contributed by atoms with Crippen LogP contribution in [0.2, 0.25) is 0 Å². The van der Waals surface area contributed by atoms with Gasteiger partial charge in [0, 0.05) is 6.04 Å². The third-order valence-electron chi connectivity index (χ3n) is 2.23. The summed E-state index contributed by atoms with van der Waals surface area (Å²) in [6.07, 6.45) is 0.335. The summed E-state index contributed by atoms with van der Waals surface area (Å²) in [6, 6.07) is 7.80. The van der Waals surface area contributed by atoms with Crippen LogP contribution >= 0.6 is 0 Å². The number of ether oxygens (including phenoxy) is 2. The van der Waals surface area contributed by atoms with Crippen LogP contribution < -0.4 is 10.1 Å². The average Bonchev–Trinajstić information content (AvgIpc) is 2.28. The molecule has 4 nitrogen and oxygen atoms in total. The van der Waals surface area contributed by atoms with Crippen molar-refractivity contribution in [3.63, 3.8) is 0 Å². The molecule has 1 atom stereocenters. The first-order valence-corrected chi connectivity index (χ1v) is 5.13. The lowest BCUT2D eigenvalue weighted by atomic mass is 10.1. The summed E-state index contributed by atoms with van der Waals surface area (Å²) in [4.78, 5) is 11.0. The van der Waals surface area contributed by atoms with Crippen molar-refractivity contribution in [2.75, 3.05) is 14.2 Å². The van der Waals surface area contributed by atoms with Crippen molar-refractivity contribution in [3.8, 4) is 5.75 Å². The molecule has 1 amide bonds. The van der Waals surface area contributed by atoms with Crippen LogP contribution in [-0.4, -0.2) is 26.4 Å². The van der Waals surface area contributed by atoms with Crippen LogP contribution in [0.4, 0.5) is 4.79 Å². The normalized spacial score (nSPS) is 11.7. The highest BCUT2D eigenvalue weighted by Crippen LogP contribution is 2.13. The fourth-order valence-corrected chi connectivity index (χ4v) is 1.46. The summed E-state index contributed by atoms with van der Waals surface area (Å²) in [7, 11) is 2.99. The molecule has 0 spiro atoms. The number of benzene rings is 1. The van der Waals surface area contributed by atoms with Gasteiger partial charge in [0.2, 0.25) is 0 Å². The monoisotopic (exact) mass is 223 g/mol. The Kier molecular flexibility index (Phi) is 4.64. The van der Waals surface area contributed by atoms with Gasteiger partial charge in [-0.15, -0.1) is 0 Å². The Morgan fingerprint density at radius 2 is 2.19 bits per heavy atom. The third-order valence-corrected chi connectivity index (χ3v) is 2.23. The number of amides is 1. The molecule has 0 saturated carbocycles. The molecule has 0 bridgehead atoms. The molecule has 0 aliphatic rings. The van der Waals surface area contributed by atoms with Crippen LogP contribution in [0, 0.1) is 0 Å². The molecule has 0 aromatic heterocycles. The van der Waals surface area contributed by atoms with E-state index in [4.69, 9.17) is 4.74 Å². The number of rotatable bonds is 4. The molecule has 0 aliphatic heterocycles. The van der Waals surface area contributed by atoms with Crippen LogP contribution in [-0.2, 0) is 11.2 Å². The lowest BCUT2D eigenvalue weighted by molar-refractivity contribution is 0.167. The zero-order valence-corrected chi connectivity index (χ0v) is 9.82. The number of alkyl carbamates (subject to hydrolysis) is 1. The van der Waals surface area contributed by atoms with E-state index in [0.717, 1.165) is 17.7 Å². The number of carbonyl (C=O) groups excluding carboxylic acids is 1. The van der Waals surface area contributed by atoms with E-state index in [9.17, 15) is 4.79 Å². The minimum Gasteiger partial charge on any atom is -0.497 e. The van der Waals surface area contributed by atoms with E-state index in [-0.39, 0.29) is 6.04 Å². The smallest absolute Gasteiger partial charge is 0.407 e. The first-order valence-electron chi connectivity index (χ1n) is 5.13. The summed E-state index contributed by atoms with van der Waals surface area (Å²) in [5.74, 6) is 0.822. The highest BCUT2D eigenvalue weighted by atomic mass is 16.5. The van der Waals surface area contributed by atoms with Gasteiger partial charge in [-0.05, 0) is 31.0 Å². The predicted octanol–water partition coefficient (Wildman–Crippen LogP) is 1.98. The van der Waals surface area contributed by atoms with E-state index >= 15 is 0 Å². The van der Waals surface area contributed by atoms with E-state index in [1.54, 1.807) is 7.11 Å². The van der Waals surface area contributed by atoms with Gasteiger partial charge in [-0.25, -0.2) is 4.79 Å². The topological polar surface area (TPSA) is 47.6 Å². The van der Waals surface area contributed by atoms with E-state index in [1.165, 1.54) is 7.11 Å². The SMILES string of the molecule is COC(=O)NC(C)Cc1cccc(OC)c1. The Hall–Kier alpha value is -1.71. The van der Waals surface area contributed by atoms with Crippen molar-refractivity contribution < 1.29 is 14.3 Å². The molecular weight excluding hydrogens is 206 g/mol. The molecule has 0 aliphatic carbocycles. The second kappa shape index (κ2) is 6.00. The molecule has 1 aromatic carbocycles. The largest absolute Gasteiger partial charge is 0.497 e. The molecule has 1 N–H and O–H groups in total. The third kappa shape index (κ3) is 3.81. The zero-order valence-electron chi connectivity index (χ0n) is 9.82. The maximum Gasteiger partial charge on any atom is 0.407 e. The predicted molar refractivity (Wildman–Crippen MR) is 61.7 cm³/mol. The summed E-state index contributed by atoms with van der Waals surface area (Å²) in [5, 5.41) is 2.71. The maximum absolute atomic E-state index is 11.0. The first-order chi connectivity index (χ1) is 7.65. The fourth-order valence-electron chi connectivity index (χ4n) is 1.46. The van der Waals surface area contributed by atoms with Crippen LogP contribution in [0.15, 0.2) is 24.3 Å². The Balaban J connectivity index is 2.55. The molecule has 88 valence electrons. The standard InChI is InChI=1S/C12H17NO3/c1-9(13-12(14)16-3)7-10-5-4-6-11(8-10)15-2/h4-6,8-9H,7H2,1-3H3,(H,13,14). The van der Waals surface area contributed by atoms with Crippen molar-refractivity contribution in [2.24, 2.45) is 0 Å². The Morgan fingerprint density at radius 3 is 2.81 bits per heavy atom. The minimum atomic E-state index is -0.407. The van der Waals surface area contributed by atoms with Crippen LogP contribution in [0.1, 0.15) is 12.5 Å². The lowest BCUT2D eigenvalue weighted by Crippen LogP contribution is -2.33. The number of carbonyl (C=O) groups is 1. The molecule has 1 aromatic rings. The van der Waals surface area contributed by atoms with Crippen molar-refractivity contribution >= 4 is 6.09 Å². The second-order valence-electron chi connectivity index (χ2n) is 3.59. The van der Waals surface area contributed by atoms with Gasteiger partial charge in [0.15, 0.2) is 0 Å². The molecule has 0 saturated heterocycles. The Labute approximate surface area is 95.6 Å². The van der Waals surface area contributed by atoms with Crippen LogP contribution in [0.5, 0.6) is 5.75 Å². The van der Waals surface area contributed by atoms with Gasteiger partial charge < -0.3 is 14.8 Å². The molecule has 16 heavy (non-hydrogen) atoms. The quantitative estimate of drug-likeness (QED) is 0.849. The number of hydrogen-bond donors (Lipinski definition) is 1. The summed E-state index contributed by atoms with van der Waals surface area (Å²) >= 11 is 0. The summed E-state index contributed by atoms with van der Waals surface area (Å²) in [5.41, 5.74) is 1.11. The van der Waals surface area contributed by atoms with Gasteiger partial charge in [0.05, 0.1) is 14.2 Å². The van der Waals surface area contributed by atoms with Crippen molar-refractivity contribution in [3.05, 3.63) is 29.8 Å². The van der Waals surface area contributed by atoms with Gasteiger partial charge in [0.25, 0.3) is 0 Å². The first kappa shape index (κ1) is 12.4. The molecule has 0 heterocycles. The van der Waals surface area contributed by atoms with Crippen LogP contribution in [0.25, 0.3) is 0 Å². The van der Waals surface area contributed by atoms with Crippen molar-refractivity contribution in [2.45, 2.75) is 19.4 Å². The van der Waals surface area contributed by atoms with Crippen LogP contribution in [0.3, 0.4) is 0 Å². The van der Waals surface area contributed by atoms with Gasteiger partial charge in [-0.3, -0.25) is 0 Å². The zero-order chi connectivity index (χ0) is 12.0. The van der Waals surface area contributed by atoms with Crippen molar-refractivity contribution in [1.29, 1.82) is 0 Å². The molecular formula is C12H17NO3. The van der Waals surface area contributed by atoms with Crippen molar-refractivity contribution in [1.82, 2.24) is 5.32 Å². The van der Waals surface area contributed by atoms with Gasteiger partial charge >= 0.3 is 6.09 Å². The molecule has 0 radical (unpaired) electrons. The number of methoxy groups -OCH3 is 2.